The third-order valence-corrected chi connectivity index (χ3v) is 4.13. The molecule has 2 rings (SSSR count). The van der Waals surface area contributed by atoms with E-state index in [0.29, 0.717) is 6.04 Å². The van der Waals surface area contributed by atoms with Gasteiger partial charge in [-0.1, -0.05) is 50.7 Å². The zero-order valence-corrected chi connectivity index (χ0v) is 12.3. The molecule has 0 amide bonds. The average molecular weight is 262 g/mol. The van der Waals surface area contributed by atoms with Crippen molar-refractivity contribution in [1.29, 1.82) is 0 Å². The zero-order chi connectivity index (χ0) is 13.0. The van der Waals surface area contributed by atoms with Gasteiger partial charge in [-0.3, -0.25) is 4.99 Å². The molecule has 98 valence electrons. The van der Waals surface area contributed by atoms with Crippen molar-refractivity contribution in [2.24, 2.45) is 10.9 Å². The quantitative estimate of drug-likeness (QED) is 0.880. The Bertz CT molecular complexity index is 426. The van der Waals surface area contributed by atoms with Crippen LogP contribution >= 0.6 is 11.8 Å². The van der Waals surface area contributed by atoms with Crippen molar-refractivity contribution in [1.82, 2.24) is 0 Å². The summed E-state index contributed by atoms with van der Waals surface area (Å²) in [5.74, 6) is 1.84. The monoisotopic (exact) mass is 262 g/mol. The Balaban J connectivity index is 2.02. The minimum absolute atomic E-state index is 0.492. The van der Waals surface area contributed by atoms with Crippen LogP contribution in [0, 0.1) is 5.92 Å². The topological polar surface area (TPSA) is 24.4 Å². The van der Waals surface area contributed by atoms with Crippen molar-refractivity contribution in [3.63, 3.8) is 0 Å². The number of nitrogens with zero attached hydrogens (tertiary/aromatic N) is 1. The number of hydrogen-bond donors (Lipinski definition) is 1. The van der Waals surface area contributed by atoms with Crippen molar-refractivity contribution < 1.29 is 0 Å². The fourth-order valence-electron chi connectivity index (χ4n) is 2.21. The molecule has 1 aromatic carbocycles. The summed E-state index contributed by atoms with van der Waals surface area (Å²) in [4.78, 5) is 4.77. The predicted octanol–water partition coefficient (Wildman–Crippen LogP) is 4.18. The smallest absolute Gasteiger partial charge is 0.161 e. The van der Waals surface area contributed by atoms with Crippen molar-refractivity contribution in [3.8, 4) is 0 Å². The van der Waals surface area contributed by atoms with E-state index in [1.807, 2.05) is 11.8 Å². The van der Waals surface area contributed by atoms with Crippen LogP contribution in [-0.4, -0.2) is 17.0 Å². The molecule has 1 heterocycles. The number of para-hydroxylation sites is 1. The van der Waals surface area contributed by atoms with Crippen LogP contribution in [0.4, 0.5) is 5.69 Å². The van der Waals surface area contributed by atoms with Gasteiger partial charge in [-0.25, -0.2) is 0 Å². The molecule has 0 saturated carbocycles. The van der Waals surface area contributed by atoms with E-state index < -0.39 is 0 Å². The first-order valence-electron chi connectivity index (χ1n) is 6.74. The number of anilines is 1. The second-order valence-electron chi connectivity index (χ2n) is 5.16. The van der Waals surface area contributed by atoms with Crippen LogP contribution in [0.15, 0.2) is 29.3 Å². The highest BCUT2D eigenvalue weighted by atomic mass is 32.2. The standard InChI is InChI=1S/C15H22N2S/c1-4-12-7-5-6-8-14(12)17-15-16-13(10-18-15)9-11(2)3/h5-8,11,13H,4,9-10H2,1-3H3,(H,16,17). The second-order valence-corrected chi connectivity index (χ2v) is 6.17. The molecule has 1 N–H and O–H groups in total. The molecule has 0 radical (unpaired) electrons. The third kappa shape index (κ3) is 3.52. The van der Waals surface area contributed by atoms with E-state index >= 15 is 0 Å². The minimum atomic E-state index is 0.492. The van der Waals surface area contributed by atoms with Crippen LogP contribution in [0.2, 0.25) is 0 Å². The van der Waals surface area contributed by atoms with Crippen LogP contribution in [0.1, 0.15) is 32.8 Å². The van der Waals surface area contributed by atoms with Gasteiger partial charge < -0.3 is 5.32 Å². The molecular weight excluding hydrogens is 240 g/mol. The van der Waals surface area contributed by atoms with Crippen LogP contribution in [0.25, 0.3) is 0 Å². The maximum atomic E-state index is 4.77. The van der Waals surface area contributed by atoms with Crippen LogP contribution in [0.5, 0.6) is 0 Å². The van der Waals surface area contributed by atoms with Crippen LogP contribution < -0.4 is 5.32 Å². The van der Waals surface area contributed by atoms with Gasteiger partial charge in [0, 0.05) is 11.4 Å². The Labute approximate surface area is 114 Å². The summed E-state index contributed by atoms with van der Waals surface area (Å²) < 4.78 is 0. The summed E-state index contributed by atoms with van der Waals surface area (Å²) in [6.45, 7) is 6.71. The summed E-state index contributed by atoms with van der Waals surface area (Å²) in [5, 5.41) is 4.56. The highest BCUT2D eigenvalue weighted by Gasteiger charge is 2.19. The molecule has 18 heavy (non-hydrogen) atoms. The van der Waals surface area contributed by atoms with Crippen molar-refractivity contribution >= 4 is 22.6 Å². The number of rotatable bonds is 4. The summed E-state index contributed by atoms with van der Waals surface area (Å²) in [5.41, 5.74) is 2.56. The lowest BCUT2D eigenvalue weighted by molar-refractivity contribution is 0.529. The fourth-order valence-corrected chi connectivity index (χ4v) is 3.18. The molecule has 3 heteroatoms. The Kier molecular flexibility index (Phi) is 4.70. The summed E-state index contributed by atoms with van der Waals surface area (Å²) in [6, 6.07) is 8.97. The maximum absolute atomic E-state index is 4.77. The van der Waals surface area contributed by atoms with Gasteiger partial charge in [0.05, 0.1) is 6.04 Å². The SMILES string of the molecule is CCc1ccccc1NC1=NC(CC(C)C)CS1. The fraction of sp³-hybridized carbons (Fsp3) is 0.533. The Morgan fingerprint density at radius 3 is 2.89 bits per heavy atom. The maximum Gasteiger partial charge on any atom is 0.161 e. The first-order chi connectivity index (χ1) is 8.69. The molecule has 1 aromatic rings. The van der Waals surface area contributed by atoms with Gasteiger partial charge in [-0.2, -0.15) is 0 Å². The minimum Gasteiger partial charge on any atom is -0.335 e. The Hall–Kier alpha value is -0.960. The summed E-state index contributed by atoms with van der Waals surface area (Å²) >= 11 is 1.85. The van der Waals surface area contributed by atoms with E-state index in [4.69, 9.17) is 4.99 Å². The van der Waals surface area contributed by atoms with Crippen LogP contribution in [-0.2, 0) is 6.42 Å². The van der Waals surface area contributed by atoms with Crippen molar-refractivity contribution in [3.05, 3.63) is 29.8 Å². The molecule has 1 aliphatic rings. The number of benzene rings is 1. The molecule has 0 fully saturated rings. The van der Waals surface area contributed by atoms with Gasteiger partial charge >= 0.3 is 0 Å². The largest absolute Gasteiger partial charge is 0.335 e. The predicted molar refractivity (Wildman–Crippen MR) is 82.6 cm³/mol. The Morgan fingerprint density at radius 1 is 1.39 bits per heavy atom. The number of aliphatic imine (C=N–C) groups is 1. The molecule has 0 aromatic heterocycles. The highest BCUT2D eigenvalue weighted by Crippen LogP contribution is 2.25. The van der Waals surface area contributed by atoms with Crippen LogP contribution in [0.3, 0.4) is 0 Å². The van der Waals surface area contributed by atoms with Crippen molar-refractivity contribution in [2.45, 2.75) is 39.7 Å². The van der Waals surface area contributed by atoms with Crippen molar-refractivity contribution in [2.75, 3.05) is 11.1 Å². The average Bonchev–Trinajstić information content (AvgIpc) is 2.76. The van der Waals surface area contributed by atoms with Gasteiger partial charge in [-0.05, 0) is 30.4 Å². The van der Waals surface area contributed by atoms with E-state index in [9.17, 15) is 0 Å². The van der Waals surface area contributed by atoms with E-state index in [2.05, 4.69) is 50.4 Å². The molecule has 2 nitrogen and oxygen atoms in total. The van der Waals surface area contributed by atoms with Gasteiger partial charge in [0.2, 0.25) is 0 Å². The van der Waals surface area contributed by atoms with Gasteiger partial charge in [0.15, 0.2) is 5.17 Å². The molecule has 0 aliphatic carbocycles. The highest BCUT2D eigenvalue weighted by molar-refractivity contribution is 8.14. The molecule has 0 bridgehead atoms. The van der Waals surface area contributed by atoms with Gasteiger partial charge in [0.1, 0.15) is 0 Å². The number of amidine groups is 1. The van der Waals surface area contributed by atoms with Gasteiger partial charge in [0.25, 0.3) is 0 Å². The first kappa shape index (κ1) is 13.5. The molecule has 1 atom stereocenters. The van der Waals surface area contributed by atoms with E-state index in [1.54, 1.807) is 0 Å². The lowest BCUT2D eigenvalue weighted by Crippen LogP contribution is -2.08. The molecule has 0 saturated heterocycles. The molecule has 1 unspecified atom stereocenters. The van der Waals surface area contributed by atoms with Gasteiger partial charge in [-0.15, -0.1) is 0 Å². The van der Waals surface area contributed by atoms with E-state index in [0.717, 1.165) is 23.3 Å². The summed E-state index contributed by atoms with van der Waals surface area (Å²) in [7, 11) is 0. The normalized spacial score (nSPS) is 19.1. The Morgan fingerprint density at radius 2 is 2.17 bits per heavy atom. The number of hydrogen-bond acceptors (Lipinski definition) is 3. The zero-order valence-electron chi connectivity index (χ0n) is 11.4. The molecular formula is C15H22N2S. The molecule has 0 spiro atoms. The lowest BCUT2D eigenvalue weighted by Gasteiger charge is -2.09. The molecule has 1 aliphatic heterocycles. The lowest BCUT2D eigenvalue weighted by atomic mass is 10.1. The second kappa shape index (κ2) is 6.28. The number of thioether (sulfide) groups is 1. The summed E-state index contributed by atoms with van der Waals surface area (Å²) in [6.07, 6.45) is 2.24. The van der Waals surface area contributed by atoms with E-state index in [1.165, 1.54) is 17.7 Å². The third-order valence-electron chi connectivity index (χ3n) is 3.10. The first-order valence-corrected chi connectivity index (χ1v) is 7.73. The number of aryl methyl sites for hydroxylation is 1. The van der Waals surface area contributed by atoms with E-state index in [-0.39, 0.29) is 0 Å². The number of nitrogens with one attached hydrogen (secondary N) is 1.